The zero-order chi connectivity index (χ0) is 23.5. The van der Waals surface area contributed by atoms with Gasteiger partial charge in [-0.25, -0.2) is 4.39 Å². The molecule has 0 saturated carbocycles. The Kier molecular flexibility index (Phi) is 7.29. The van der Waals surface area contributed by atoms with Crippen LogP contribution in [0, 0.1) is 11.7 Å². The van der Waals surface area contributed by atoms with Crippen molar-refractivity contribution in [2.24, 2.45) is 5.92 Å². The predicted molar refractivity (Wildman–Crippen MR) is 103 cm³/mol. The zero-order valence-corrected chi connectivity index (χ0v) is 16.8. The largest absolute Gasteiger partial charge is 0.416 e. The fourth-order valence-electron chi connectivity index (χ4n) is 3.77. The molecule has 0 aromatic heterocycles. The van der Waals surface area contributed by atoms with Gasteiger partial charge in [0.2, 0.25) is 0 Å². The van der Waals surface area contributed by atoms with Crippen LogP contribution in [0.25, 0.3) is 0 Å². The van der Waals surface area contributed by atoms with Gasteiger partial charge in [0.25, 0.3) is 0 Å². The lowest BCUT2D eigenvalue weighted by Gasteiger charge is -2.37. The van der Waals surface area contributed by atoms with Crippen LogP contribution in [-0.2, 0) is 28.2 Å². The first-order valence-electron chi connectivity index (χ1n) is 9.88. The van der Waals surface area contributed by atoms with E-state index in [9.17, 15) is 30.7 Å². The molecule has 1 fully saturated rings. The van der Waals surface area contributed by atoms with Crippen molar-refractivity contribution in [3.63, 3.8) is 0 Å². The SMILES string of the molecule is C=CC1CCOC(OCCc2cc(C(F)(F)F)cc(C(F)(F)F)c2)C1c1ccc(F)cc1. The van der Waals surface area contributed by atoms with Gasteiger partial charge in [-0.3, -0.25) is 0 Å². The summed E-state index contributed by atoms with van der Waals surface area (Å²) < 4.78 is 103. The lowest BCUT2D eigenvalue weighted by atomic mass is 9.82. The Balaban J connectivity index is 1.76. The quantitative estimate of drug-likeness (QED) is 0.349. The molecule has 0 N–H and O–H groups in total. The molecule has 0 radical (unpaired) electrons. The summed E-state index contributed by atoms with van der Waals surface area (Å²) in [5, 5.41) is 0. The van der Waals surface area contributed by atoms with Crippen molar-refractivity contribution in [3.05, 3.63) is 83.2 Å². The average Bonchev–Trinajstić information content (AvgIpc) is 2.73. The first-order chi connectivity index (χ1) is 15.0. The third kappa shape index (κ3) is 5.89. The highest BCUT2D eigenvalue weighted by atomic mass is 19.4. The Morgan fingerprint density at radius 3 is 2.09 bits per heavy atom. The van der Waals surface area contributed by atoms with Crippen LogP contribution in [0.2, 0.25) is 0 Å². The maximum absolute atomic E-state index is 13.3. The molecule has 9 heteroatoms. The molecule has 1 aliphatic rings. The van der Waals surface area contributed by atoms with E-state index in [1.165, 1.54) is 12.1 Å². The molecule has 0 spiro atoms. The van der Waals surface area contributed by atoms with Gasteiger partial charge in [0.1, 0.15) is 5.82 Å². The van der Waals surface area contributed by atoms with Gasteiger partial charge in [-0.15, -0.1) is 6.58 Å². The molecule has 2 aromatic carbocycles. The predicted octanol–water partition coefficient (Wildman–Crippen LogP) is 6.75. The smallest absolute Gasteiger partial charge is 0.352 e. The van der Waals surface area contributed by atoms with Gasteiger partial charge in [-0.1, -0.05) is 18.2 Å². The summed E-state index contributed by atoms with van der Waals surface area (Å²) in [6, 6.07) is 7.22. The molecular formula is C23H21F7O2. The standard InChI is InChI=1S/C23H21F7O2/c1-2-15-8-10-32-21(20(15)16-3-5-19(24)6-4-16)31-9-7-14-11-17(22(25,26)27)13-18(12-14)23(28,29)30/h2-6,11-13,15,20-21H,1,7-10H2. The van der Waals surface area contributed by atoms with E-state index < -0.39 is 35.6 Å². The Bertz CT molecular complexity index is 887. The van der Waals surface area contributed by atoms with Crippen molar-refractivity contribution in [3.8, 4) is 0 Å². The first-order valence-corrected chi connectivity index (χ1v) is 9.88. The molecule has 3 unspecified atom stereocenters. The Labute approximate surface area is 180 Å². The van der Waals surface area contributed by atoms with E-state index in [0.29, 0.717) is 25.2 Å². The van der Waals surface area contributed by atoms with Crippen molar-refractivity contribution in [1.29, 1.82) is 0 Å². The summed E-state index contributed by atoms with van der Waals surface area (Å²) in [6.45, 7) is 3.99. The molecule has 3 rings (SSSR count). The summed E-state index contributed by atoms with van der Waals surface area (Å²) in [5.74, 6) is -0.804. The van der Waals surface area contributed by atoms with Crippen LogP contribution in [0.15, 0.2) is 55.1 Å². The average molecular weight is 462 g/mol. The van der Waals surface area contributed by atoms with E-state index in [4.69, 9.17) is 9.47 Å². The van der Waals surface area contributed by atoms with E-state index in [1.54, 1.807) is 18.2 Å². The number of halogens is 7. The van der Waals surface area contributed by atoms with Crippen LogP contribution >= 0.6 is 0 Å². The maximum atomic E-state index is 13.3. The van der Waals surface area contributed by atoms with Crippen molar-refractivity contribution in [2.75, 3.05) is 13.2 Å². The van der Waals surface area contributed by atoms with Gasteiger partial charge >= 0.3 is 12.4 Å². The van der Waals surface area contributed by atoms with Gasteiger partial charge in [-0.2, -0.15) is 26.3 Å². The van der Waals surface area contributed by atoms with E-state index in [0.717, 1.165) is 5.56 Å². The molecule has 174 valence electrons. The minimum atomic E-state index is -4.91. The summed E-state index contributed by atoms with van der Waals surface area (Å²) >= 11 is 0. The molecular weight excluding hydrogens is 441 g/mol. The van der Waals surface area contributed by atoms with Crippen molar-refractivity contribution >= 4 is 0 Å². The number of hydrogen-bond donors (Lipinski definition) is 0. The molecule has 32 heavy (non-hydrogen) atoms. The van der Waals surface area contributed by atoms with Crippen LogP contribution in [0.5, 0.6) is 0 Å². The molecule has 0 bridgehead atoms. The van der Waals surface area contributed by atoms with Gasteiger partial charge < -0.3 is 9.47 Å². The molecule has 1 heterocycles. The second-order valence-corrected chi connectivity index (χ2v) is 7.54. The van der Waals surface area contributed by atoms with Crippen molar-refractivity contribution < 1.29 is 40.2 Å². The monoisotopic (exact) mass is 462 g/mol. The van der Waals surface area contributed by atoms with Crippen LogP contribution < -0.4 is 0 Å². The summed E-state index contributed by atoms with van der Waals surface area (Å²) in [7, 11) is 0. The van der Waals surface area contributed by atoms with Gasteiger partial charge in [0.05, 0.1) is 24.3 Å². The van der Waals surface area contributed by atoms with Gasteiger partial charge in [0, 0.05) is 5.92 Å². The molecule has 1 aliphatic heterocycles. The number of alkyl halides is 6. The molecule has 2 aromatic rings. The number of rotatable bonds is 6. The van der Waals surface area contributed by atoms with E-state index in [1.807, 2.05) is 0 Å². The van der Waals surface area contributed by atoms with Crippen LogP contribution in [0.4, 0.5) is 30.7 Å². The summed E-state index contributed by atoms with van der Waals surface area (Å²) in [4.78, 5) is 0. The highest BCUT2D eigenvalue weighted by Gasteiger charge is 2.37. The molecule has 3 atom stereocenters. The molecule has 0 aliphatic carbocycles. The van der Waals surface area contributed by atoms with Gasteiger partial charge in [0.15, 0.2) is 6.29 Å². The topological polar surface area (TPSA) is 18.5 Å². The zero-order valence-electron chi connectivity index (χ0n) is 16.8. The Hall–Kier alpha value is -2.39. The van der Waals surface area contributed by atoms with Crippen LogP contribution in [-0.4, -0.2) is 19.5 Å². The van der Waals surface area contributed by atoms with Gasteiger partial charge in [-0.05, 0) is 60.2 Å². The van der Waals surface area contributed by atoms with Crippen LogP contribution in [0.1, 0.15) is 34.6 Å². The highest BCUT2D eigenvalue weighted by molar-refractivity contribution is 5.33. The fourth-order valence-corrected chi connectivity index (χ4v) is 3.77. The Morgan fingerprint density at radius 2 is 1.56 bits per heavy atom. The van der Waals surface area contributed by atoms with Crippen LogP contribution in [0.3, 0.4) is 0 Å². The fraction of sp³-hybridized carbons (Fsp3) is 0.391. The van der Waals surface area contributed by atoms with E-state index in [2.05, 4.69) is 6.58 Å². The van der Waals surface area contributed by atoms with Crippen molar-refractivity contribution in [2.45, 2.75) is 37.4 Å². The lowest BCUT2D eigenvalue weighted by molar-refractivity contribution is -0.182. The molecule has 2 nitrogen and oxygen atoms in total. The van der Waals surface area contributed by atoms with Crippen molar-refractivity contribution in [1.82, 2.24) is 0 Å². The van der Waals surface area contributed by atoms with E-state index in [-0.39, 0.29) is 36.5 Å². The second-order valence-electron chi connectivity index (χ2n) is 7.54. The lowest BCUT2D eigenvalue weighted by Crippen LogP contribution is -2.36. The second kappa shape index (κ2) is 9.62. The number of benzene rings is 2. The summed E-state index contributed by atoms with van der Waals surface area (Å²) in [5.41, 5.74) is -2.15. The summed E-state index contributed by atoms with van der Waals surface area (Å²) in [6.07, 6.45) is -8.42. The third-order valence-corrected chi connectivity index (χ3v) is 5.37. The Morgan fingerprint density at radius 1 is 0.969 bits per heavy atom. The number of allylic oxidation sites excluding steroid dienone is 1. The normalized spacial score (nSPS) is 22.0. The van der Waals surface area contributed by atoms with E-state index >= 15 is 0 Å². The number of hydrogen-bond acceptors (Lipinski definition) is 2. The molecule has 1 saturated heterocycles. The highest BCUT2D eigenvalue weighted by Crippen LogP contribution is 2.38. The minimum Gasteiger partial charge on any atom is -0.352 e. The third-order valence-electron chi connectivity index (χ3n) is 5.37. The number of ether oxygens (including phenoxy) is 2. The minimum absolute atomic E-state index is 0.0513. The molecule has 0 amide bonds. The first kappa shape index (κ1) is 24.3. The maximum Gasteiger partial charge on any atom is 0.416 e.